The first-order valence-electron chi connectivity index (χ1n) is 22.1. The Morgan fingerprint density at radius 1 is 0.833 bits per heavy atom. The number of aryl methyl sites for hydroxylation is 2. The van der Waals surface area contributed by atoms with E-state index < -0.39 is 30.1 Å². The minimum atomic E-state index is -1.43. The van der Waals surface area contributed by atoms with E-state index in [-0.39, 0.29) is 37.4 Å². The highest BCUT2D eigenvalue weighted by Crippen LogP contribution is 2.37. The van der Waals surface area contributed by atoms with Gasteiger partial charge in [-0.15, -0.1) is 6.42 Å². The fourth-order valence-electron chi connectivity index (χ4n) is 8.76. The number of fused-ring (bicyclic) bond motifs is 6. The number of alkyl carbamates (subject to hydrolysis) is 2. The van der Waals surface area contributed by atoms with Gasteiger partial charge in [0.15, 0.2) is 0 Å². The van der Waals surface area contributed by atoms with Gasteiger partial charge in [-0.25, -0.2) is 19.6 Å². The van der Waals surface area contributed by atoms with Crippen LogP contribution < -0.4 is 10.6 Å². The fraction of sp³-hybridized carbons (Fsp3) is 0.360. The highest BCUT2D eigenvalue weighted by atomic mass is 16.7. The van der Waals surface area contributed by atoms with Crippen molar-refractivity contribution in [3.8, 4) is 34.7 Å². The van der Waals surface area contributed by atoms with E-state index in [9.17, 15) is 19.2 Å². The number of hydrogen-bond donors (Lipinski definition) is 4. The van der Waals surface area contributed by atoms with E-state index in [1.54, 1.807) is 17.0 Å². The van der Waals surface area contributed by atoms with Crippen LogP contribution in [0.25, 0.3) is 44.2 Å². The minimum Gasteiger partial charge on any atom is -0.453 e. The predicted octanol–water partition coefficient (Wildman–Crippen LogP) is 6.79. The second kappa shape index (κ2) is 19.5. The largest absolute Gasteiger partial charge is 0.453 e. The smallest absolute Gasteiger partial charge is 0.407 e. The Morgan fingerprint density at radius 3 is 2.24 bits per heavy atom. The number of methoxy groups -OCH3 is 2. The van der Waals surface area contributed by atoms with Gasteiger partial charge >= 0.3 is 12.2 Å². The standard InChI is InChI=1S/C50H54N8O8/c1-7-22-57(47(60)43(56-49(62)64-6)31-12-10-9-11-13-31)27-40-51-38-20-16-34-25-32(14-18-36(34)44(38)53-40)33-15-19-37-35(26-33)17-21-39-45(37)54-41(52-39)28-58(29-50(8-2)65-23-24-66-50)46(59)42(30(3)4)55-48(61)63-5/h2,9-16,18-20,25-26,30,42-43H,7,17,21-24,27-29H2,1,3-6H3,(H,51,53)(H,52,54)(H,55,61)(H,56,62)/t42-,43+/m0/s1. The third-order valence-corrected chi connectivity index (χ3v) is 12.1. The van der Waals surface area contributed by atoms with Crippen LogP contribution in [0.2, 0.25) is 0 Å². The molecule has 1 fully saturated rings. The van der Waals surface area contributed by atoms with Crippen LogP contribution in [0.4, 0.5) is 9.59 Å². The van der Waals surface area contributed by atoms with Crippen molar-refractivity contribution in [2.75, 3.05) is 40.5 Å². The van der Waals surface area contributed by atoms with Gasteiger partial charge in [-0.2, -0.15) is 0 Å². The molecule has 6 aromatic rings. The second-order valence-corrected chi connectivity index (χ2v) is 16.8. The first-order chi connectivity index (χ1) is 31.9. The predicted molar refractivity (Wildman–Crippen MR) is 248 cm³/mol. The maximum absolute atomic E-state index is 14.1. The number of H-pyrrole nitrogens is 2. The number of rotatable bonds is 15. The van der Waals surface area contributed by atoms with Gasteiger partial charge in [-0.3, -0.25) is 9.59 Å². The van der Waals surface area contributed by atoms with Crippen LogP contribution in [-0.4, -0.2) is 106 Å². The summed E-state index contributed by atoms with van der Waals surface area (Å²) >= 11 is 0. The summed E-state index contributed by atoms with van der Waals surface area (Å²) in [5.74, 6) is 1.46. The van der Waals surface area contributed by atoms with Crippen molar-refractivity contribution in [1.82, 2.24) is 40.4 Å². The SMILES string of the molecule is C#CC1(CN(Cc2nc3c([nH]2)-c2ccc(-c4ccc5c(ccc6nc(CN(CCC)C(=O)[C@H](NC(=O)OC)c7ccccc7)[nH]c65)c4)cc2CC3)C(=O)[C@@H](NC(=O)OC)C(C)C)OCCO1. The maximum Gasteiger partial charge on any atom is 0.407 e. The van der Waals surface area contributed by atoms with Crippen molar-refractivity contribution in [3.63, 3.8) is 0 Å². The van der Waals surface area contributed by atoms with Gasteiger partial charge in [0.2, 0.25) is 11.8 Å². The number of terminal acetylenes is 1. The zero-order valence-corrected chi connectivity index (χ0v) is 37.7. The zero-order valence-electron chi connectivity index (χ0n) is 37.7. The van der Waals surface area contributed by atoms with Crippen LogP contribution in [0.5, 0.6) is 0 Å². The van der Waals surface area contributed by atoms with Crippen LogP contribution in [0, 0.1) is 18.3 Å². The third kappa shape index (κ3) is 9.44. The van der Waals surface area contributed by atoms with E-state index in [2.05, 4.69) is 69.0 Å². The highest BCUT2D eigenvalue weighted by molar-refractivity contribution is 6.05. The Bertz CT molecular complexity index is 2810. The lowest BCUT2D eigenvalue weighted by Crippen LogP contribution is -2.54. The lowest BCUT2D eigenvalue weighted by atomic mass is 9.89. The van der Waals surface area contributed by atoms with E-state index in [1.807, 2.05) is 45.0 Å². The molecule has 0 radical (unpaired) electrons. The number of benzene rings is 4. The number of nitrogens with one attached hydrogen (secondary N) is 4. The van der Waals surface area contributed by atoms with E-state index in [4.69, 9.17) is 35.3 Å². The lowest BCUT2D eigenvalue weighted by Gasteiger charge is -2.33. The molecule has 66 heavy (non-hydrogen) atoms. The number of ether oxygens (including phenoxy) is 4. The number of carbonyl (C=O) groups is 4. The third-order valence-electron chi connectivity index (χ3n) is 12.1. The molecule has 2 aromatic heterocycles. The van der Waals surface area contributed by atoms with Gasteiger partial charge in [0, 0.05) is 17.5 Å². The number of nitrogens with zero attached hydrogens (tertiary/aromatic N) is 4. The quantitative estimate of drug-likeness (QED) is 0.0798. The van der Waals surface area contributed by atoms with Crippen molar-refractivity contribution in [2.45, 2.75) is 71.0 Å². The zero-order chi connectivity index (χ0) is 46.5. The van der Waals surface area contributed by atoms with Crippen LogP contribution in [0.1, 0.15) is 61.7 Å². The minimum absolute atomic E-state index is 0.0651. The summed E-state index contributed by atoms with van der Waals surface area (Å²) in [5.41, 5.74) is 8.42. The summed E-state index contributed by atoms with van der Waals surface area (Å²) in [6, 6.07) is 24.1. The van der Waals surface area contributed by atoms with Gasteiger partial charge in [-0.05, 0) is 70.9 Å². The first-order valence-corrected chi connectivity index (χ1v) is 22.1. The molecule has 0 bridgehead atoms. The van der Waals surface area contributed by atoms with Gasteiger partial charge in [0.1, 0.15) is 23.7 Å². The molecule has 0 spiro atoms. The Labute approximate surface area is 382 Å². The molecule has 4 N–H and O–H groups in total. The number of aromatic amines is 2. The average Bonchev–Trinajstić information content (AvgIpc) is 4.10. The monoisotopic (exact) mass is 894 g/mol. The molecule has 4 amide bonds. The second-order valence-electron chi connectivity index (χ2n) is 16.8. The topological polar surface area (TPSA) is 193 Å². The molecule has 342 valence electrons. The normalized spacial score (nSPS) is 14.7. The molecule has 0 saturated carbocycles. The Hall–Kier alpha value is -7.22. The number of hydrogen-bond acceptors (Lipinski definition) is 10. The summed E-state index contributed by atoms with van der Waals surface area (Å²) in [5, 5.41) is 7.40. The summed E-state index contributed by atoms with van der Waals surface area (Å²) in [4.78, 5) is 72.8. The molecular weight excluding hydrogens is 841 g/mol. The van der Waals surface area contributed by atoms with Gasteiger partial charge < -0.3 is 49.3 Å². The Morgan fingerprint density at radius 2 is 1.53 bits per heavy atom. The summed E-state index contributed by atoms with van der Waals surface area (Å²) in [6.45, 7) is 6.96. The van der Waals surface area contributed by atoms with Crippen molar-refractivity contribution in [3.05, 3.63) is 107 Å². The molecule has 3 heterocycles. The molecule has 1 aliphatic heterocycles. The van der Waals surface area contributed by atoms with E-state index in [1.165, 1.54) is 24.7 Å². The molecular formula is C50H54N8O8. The maximum atomic E-state index is 14.1. The fourth-order valence-corrected chi connectivity index (χ4v) is 8.76. The average molecular weight is 895 g/mol. The van der Waals surface area contributed by atoms with Crippen molar-refractivity contribution in [1.29, 1.82) is 0 Å². The van der Waals surface area contributed by atoms with Crippen molar-refractivity contribution < 1.29 is 38.1 Å². The Balaban J connectivity index is 1.02. The van der Waals surface area contributed by atoms with Crippen molar-refractivity contribution >= 4 is 45.8 Å². The molecule has 1 aliphatic carbocycles. The molecule has 4 aromatic carbocycles. The molecule has 2 atom stereocenters. The molecule has 1 saturated heterocycles. The van der Waals surface area contributed by atoms with Crippen LogP contribution in [0.3, 0.4) is 0 Å². The number of amides is 4. The summed E-state index contributed by atoms with van der Waals surface area (Å²) < 4.78 is 21.3. The highest BCUT2D eigenvalue weighted by Gasteiger charge is 2.41. The number of carbonyl (C=O) groups excluding carboxylic acids is 4. The van der Waals surface area contributed by atoms with Crippen LogP contribution >= 0.6 is 0 Å². The molecule has 8 rings (SSSR count). The summed E-state index contributed by atoms with van der Waals surface area (Å²) in [6.07, 6.45) is 6.65. The van der Waals surface area contributed by atoms with E-state index >= 15 is 0 Å². The number of imidazole rings is 2. The first kappa shape index (κ1) is 45.4. The van der Waals surface area contributed by atoms with Gasteiger partial charge in [0.25, 0.3) is 5.79 Å². The van der Waals surface area contributed by atoms with Gasteiger partial charge in [-0.1, -0.05) is 87.5 Å². The van der Waals surface area contributed by atoms with E-state index in [0.29, 0.717) is 49.8 Å². The van der Waals surface area contributed by atoms with Crippen molar-refractivity contribution in [2.24, 2.45) is 5.92 Å². The summed E-state index contributed by atoms with van der Waals surface area (Å²) in [7, 11) is 2.52. The van der Waals surface area contributed by atoms with E-state index in [0.717, 1.165) is 56.3 Å². The lowest BCUT2D eigenvalue weighted by molar-refractivity contribution is -0.153. The molecule has 16 nitrogen and oxygen atoms in total. The van der Waals surface area contributed by atoms with Crippen LogP contribution in [0.15, 0.2) is 78.9 Å². The molecule has 0 unspecified atom stereocenters. The molecule has 2 aliphatic rings. The molecule has 16 heteroatoms. The number of aromatic nitrogens is 4. The van der Waals surface area contributed by atoms with Crippen LogP contribution in [-0.2, 0) is 54.5 Å². The Kier molecular flexibility index (Phi) is 13.4. The van der Waals surface area contributed by atoms with Gasteiger partial charge in [0.05, 0.1) is 69.5 Å².